The summed E-state index contributed by atoms with van der Waals surface area (Å²) in [6.07, 6.45) is 0. The molecule has 24 valence electrons. The molecule has 0 atom stereocenters. The molecule has 0 saturated heterocycles. The second-order valence-electron chi connectivity index (χ2n) is 0. The molecule has 0 bridgehead atoms. The van der Waals surface area contributed by atoms with E-state index in [0.29, 0.717) is 10.1 Å². The molecule has 0 amide bonds. The third kappa shape index (κ3) is 9.11. The Morgan fingerprint density at radius 1 is 1.50 bits per heavy atom. The van der Waals surface area contributed by atoms with Gasteiger partial charge in [-0.2, -0.15) is 0 Å². The largest absolute Gasteiger partial charge is 2.00 e. The number of halogens is 1. The van der Waals surface area contributed by atoms with Gasteiger partial charge in [0.1, 0.15) is 0 Å². The zero-order valence-corrected chi connectivity index (χ0v) is 8.90. The van der Waals surface area contributed by atoms with Crippen LogP contribution in [0, 0.1) is 0 Å². The predicted molar refractivity (Wildman–Crippen MR) is 24.5 cm³/mol. The van der Waals surface area contributed by atoms with Crippen molar-refractivity contribution in [1.82, 2.24) is 0 Å². The standard InChI is InChI=1S/Ba.ClH.H2OSi.2H/c;;1-2;;/h;1H;2H2;;/q+2;;;2*-1. The fourth-order valence-electron chi connectivity index (χ4n) is 0. The molecule has 4 heteroatoms. The van der Waals surface area contributed by atoms with Crippen molar-refractivity contribution < 1.29 is 7.32 Å². The summed E-state index contributed by atoms with van der Waals surface area (Å²) in [7, 11) is 0.611. The van der Waals surface area contributed by atoms with Crippen LogP contribution in [0.15, 0.2) is 0 Å². The van der Waals surface area contributed by atoms with Crippen LogP contribution in [-0.2, 0) is 4.46 Å². The molecule has 0 aromatic heterocycles. The van der Waals surface area contributed by atoms with E-state index in [1.54, 1.807) is 0 Å². The van der Waals surface area contributed by atoms with Gasteiger partial charge in [0.2, 0.25) is 10.1 Å². The van der Waals surface area contributed by atoms with Crippen LogP contribution >= 0.6 is 12.4 Å². The van der Waals surface area contributed by atoms with Crippen molar-refractivity contribution in [2.75, 3.05) is 0 Å². The van der Waals surface area contributed by atoms with Crippen molar-refractivity contribution in [2.45, 2.75) is 0 Å². The molecule has 0 aliphatic carbocycles. The first kappa shape index (κ1) is 16.9. The summed E-state index contributed by atoms with van der Waals surface area (Å²) in [5.41, 5.74) is 0. The summed E-state index contributed by atoms with van der Waals surface area (Å²) >= 11 is 0. The zero-order valence-electron chi connectivity index (χ0n) is 4.23. The summed E-state index contributed by atoms with van der Waals surface area (Å²) in [5, 5.41) is 0. The number of hydrogen-bond acceptors (Lipinski definition) is 1. The Morgan fingerprint density at radius 3 is 1.50 bits per heavy atom. The molecule has 0 unspecified atom stereocenters. The molecule has 0 saturated carbocycles. The summed E-state index contributed by atoms with van der Waals surface area (Å²) < 4.78 is 8.28. The van der Waals surface area contributed by atoms with E-state index < -0.39 is 0 Å². The van der Waals surface area contributed by atoms with Crippen LogP contribution in [0.5, 0.6) is 0 Å². The second-order valence-corrected chi connectivity index (χ2v) is 0. The van der Waals surface area contributed by atoms with E-state index in [1.807, 2.05) is 0 Å². The average molecular weight is 222 g/mol. The van der Waals surface area contributed by atoms with Crippen molar-refractivity contribution in [1.29, 1.82) is 0 Å². The topological polar surface area (TPSA) is 17.1 Å². The van der Waals surface area contributed by atoms with E-state index in [-0.39, 0.29) is 64.1 Å². The SMILES string of the molecule is Cl.O=[SiH2].[Ba+2].[H-].[H-]. The van der Waals surface area contributed by atoms with Gasteiger partial charge in [0, 0.05) is 0 Å². The van der Waals surface area contributed by atoms with Gasteiger partial charge in [-0.25, -0.2) is 0 Å². The first-order chi connectivity index (χ1) is 1.00. The first-order valence-corrected chi connectivity index (χ1v) is 0.866. The van der Waals surface area contributed by atoms with Crippen LogP contribution in [0.3, 0.4) is 0 Å². The quantitative estimate of drug-likeness (QED) is 0.492. The van der Waals surface area contributed by atoms with Gasteiger partial charge in [-0.15, -0.1) is 12.4 Å². The van der Waals surface area contributed by atoms with E-state index in [2.05, 4.69) is 0 Å². The molecular weight excluding hydrogens is 217 g/mol. The minimum absolute atomic E-state index is 0. The number of rotatable bonds is 0. The Morgan fingerprint density at radius 2 is 1.50 bits per heavy atom. The van der Waals surface area contributed by atoms with E-state index in [1.165, 1.54) is 0 Å². The summed E-state index contributed by atoms with van der Waals surface area (Å²) in [6.45, 7) is 0. The monoisotopic (exact) mass is 222 g/mol. The van der Waals surface area contributed by atoms with Crippen LogP contribution in [0.25, 0.3) is 0 Å². The molecule has 0 aromatic rings. The summed E-state index contributed by atoms with van der Waals surface area (Å²) in [6, 6.07) is 0. The van der Waals surface area contributed by atoms with Gasteiger partial charge in [0.25, 0.3) is 0 Å². The van der Waals surface area contributed by atoms with Gasteiger partial charge in [-0.1, -0.05) is 0 Å². The normalized spacial score (nSPS) is 1.00. The van der Waals surface area contributed by atoms with Gasteiger partial charge in [-0.3, -0.25) is 0 Å². The Bertz CT molecular complexity index is 13.5. The fourth-order valence-corrected chi connectivity index (χ4v) is 0. The minimum atomic E-state index is 0. The van der Waals surface area contributed by atoms with Crippen LogP contribution in [0.4, 0.5) is 0 Å². The predicted octanol–water partition coefficient (Wildman–Crippen LogP) is -0.769. The fraction of sp³-hybridized carbons (Fsp3) is 0. The minimum Gasteiger partial charge on any atom is -1.00 e. The Balaban J connectivity index is -0.000000000833. The molecule has 0 rings (SSSR count). The second kappa shape index (κ2) is 20.8. The van der Waals surface area contributed by atoms with Gasteiger partial charge in [-0.05, 0) is 0 Å². The molecule has 0 aromatic carbocycles. The summed E-state index contributed by atoms with van der Waals surface area (Å²) in [5.74, 6) is 0. The van der Waals surface area contributed by atoms with Crippen LogP contribution in [0.1, 0.15) is 2.85 Å². The molecular formula is H5BaClOSi. The Hall–Kier alpha value is 1.88. The molecule has 0 N–H and O–H groups in total. The molecule has 1 nitrogen and oxygen atoms in total. The van der Waals surface area contributed by atoms with Crippen LogP contribution in [0.2, 0.25) is 0 Å². The number of hydrogen-bond donors (Lipinski definition) is 0. The van der Waals surface area contributed by atoms with E-state index in [9.17, 15) is 0 Å². The smallest absolute Gasteiger partial charge is 1.00 e. The third-order valence-corrected chi connectivity index (χ3v) is 0. The molecule has 0 heterocycles. The van der Waals surface area contributed by atoms with Crippen molar-refractivity contribution in [3.63, 3.8) is 0 Å². The Kier molecular flexibility index (Phi) is 87.8. The summed E-state index contributed by atoms with van der Waals surface area (Å²) in [4.78, 5) is 0. The van der Waals surface area contributed by atoms with E-state index >= 15 is 0 Å². The molecule has 0 radical (unpaired) electrons. The van der Waals surface area contributed by atoms with Crippen LogP contribution in [-0.4, -0.2) is 59.0 Å². The van der Waals surface area contributed by atoms with Gasteiger partial charge < -0.3 is 7.32 Å². The van der Waals surface area contributed by atoms with Gasteiger partial charge in [0.15, 0.2) is 0 Å². The maximum atomic E-state index is 8.28. The third-order valence-electron chi connectivity index (χ3n) is 0. The van der Waals surface area contributed by atoms with Crippen molar-refractivity contribution in [3.05, 3.63) is 0 Å². The average Bonchev–Trinajstić information content (AvgIpc) is 1.00. The molecule has 4 heavy (non-hydrogen) atoms. The van der Waals surface area contributed by atoms with Gasteiger partial charge >= 0.3 is 48.9 Å². The zero-order chi connectivity index (χ0) is 2.00. The van der Waals surface area contributed by atoms with Crippen LogP contribution < -0.4 is 0 Å². The van der Waals surface area contributed by atoms with Gasteiger partial charge in [0.05, 0.1) is 0 Å². The van der Waals surface area contributed by atoms with Crippen molar-refractivity contribution >= 4 is 71.4 Å². The van der Waals surface area contributed by atoms with E-state index in [4.69, 9.17) is 4.46 Å². The molecule has 0 aliphatic rings. The molecule has 0 fully saturated rings. The maximum Gasteiger partial charge on any atom is 2.00 e. The first-order valence-electron chi connectivity index (χ1n) is 0.289. The van der Waals surface area contributed by atoms with E-state index in [0.717, 1.165) is 0 Å². The molecule has 0 spiro atoms. The Labute approximate surface area is 77.5 Å². The molecule has 0 aliphatic heterocycles. The van der Waals surface area contributed by atoms with Crippen molar-refractivity contribution in [3.8, 4) is 0 Å². The van der Waals surface area contributed by atoms with Crippen molar-refractivity contribution in [2.24, 2.45) is 0 Å². The maximum absolute atomic E-state index is 8.28.